The maximum atomic E-state index is 12.6. The largest absolute Gasteiger partial charge is 0.439 e. The Morgan fingerprint density at radius 3 is 2.50 bits per heavy atom. The van der Waals surface area contributed by atoms with E-state index in [9.17, 15) is 18.0 Å². The Morgan fingerprint density at radius 1 is 1.09 bits per heavy atom. The van der Waals surface area contributed by atoms with Crippen LogP contribution < -0.4 is 10.1 Å². The first-order chi connectivity index (χ1) is 15.3. The normalized spacial score (nSPS) is 11.2. The Morgan fingerprint density at radius 2 is 1.88 bits per heavy atom. The molecular weight excluding hydrogens is 425 g/mol. The summed E-state index contributed by atoms with van der Waals surface area (Å²) in [5.41, 5.74) is -0.634. The molecule has 0 bridgehead atoms. The van der Waals surface area contributed by atoms with E-state index in [1.165, 1.54) is 0 Å². The molecule has 0 unspecified atom stereocenters. The lowest BCUT2D eigenvalue weighted by atomic mass is 10.2. The molecule has 11 heteroatoms. The smallest absolute Gasteiger partial charge is 0.433 e. The van der Waals surface area contributed by atoms with Gasteiger partial charge in [0.1, 0.15) is 17.3 Å². The number of anilines is 1. The molecule has 1 amide bonds. The van der Waals surface area contributed by atoms with E-state index in [1.54, 1.807) is 60.4 Å². The van der Waals surface area contributed by atoms with Gasteiger partial charge in [-0.15, -0.1) is 0 Å². The van der Waals surface area contributed by atoms with E-state index in [-0.39, 0.29) is 5.56 Å². The van der Waals surface area contributed by atoms with Crippen molar-refractivity contribution in [2.75, 3.05) is 5.32 Å². The van der Waals surface area contributed by atoms with Crippen LogP contribution in [0.25, 0.3) is 5.82 Å². The maximum Gasteiger partial charge on any atom is 0.433 e. The summed E-state index contributed by atoms with van der Waals surface area (Å²) in [7, 11) is 0. The van der Waals surface area contributed by atoms with Gasteiger partial charge in [-0.2, -0.15) is 23.3 Å². The number of amides is 1. The highest BCUT2D eigenvalue weighted by atomic mass is 19.4. The number of pyridine rings is 1. The molecule has 3 heterocycles. The lowest BCUT2D eigenvalue weighted by molar-refractivity contribution is -0.141. The molecule has 4 aromatic rings. The summed E-state index contributed by atoms with van der Waals surface area (Å²) in [6, 6.07) is 11.6. The molecule has 162 valence electrons. The van der Waals surface area contributed by atoms with Gasteiger partial charge in [0.25, 0.3) is 5.91 Å². The molecule has 8 nitrogen and oxygen atoms in total. The fourth-order valence-corrected chi connectivity index (χ4v) is 2.73. The van der Waals surface area contributed by atoms with Crippen molar-refractivity contribution in [1.82, 2.24) is 24.7 Å². The van der Waals surface area contributed by atoms with Gasteiger partial charge in [-0.3, -0.25) is 9.78 Å². The second kappa shape index (κ2) is 8.46. The zero-order chi connectivity index (χ0) is 22.7. The zero-order valence-corrected chi connectivity index (χ0v) is 16.5. The van der Waals surface area contributed by atoms with Crippen LogP contribution in [0.2, 0.25) is 0 Å². The van der Waals surface area contributed by atoms with Gasteiger partial charge >= 0.3 is 6.18 Å². The first kappa shape index (κ1) is 21.0. The molecule has 1 aromatic carbocycles. The summed E-state index contributed by atoms with van der Waals surface area (Å²) >= 11 is 0. The number of rotatable bonds is 5. The van der Waals surface area contributed by atoms with Gasteiger partial charge in [0, 0.05) is 30.3 Å². The average Bonchev–Trinajstić information content (AvgIpc) is 3.29. The van der Waals surface area contributed by atoms with Crippen LogP contribution in [0.3, 0.4) is 0 Å². The highest BCUT2D eigenvalue weighted by Gasteiger charge is 2.32. The number of nitrogens with one attached hydrogen (secondary N) is 1. The third-order valence-corrected chi connectivity index (χ3v) is 4.19. The summed E-state index contributed by atoms with van der Waals surface area (Å²) in [6.07, 6.45) is -0.308. The van der Waals surface area contributed by atoms with Crippen LogP contribution >= 0.6 is 0 Å². The number of alkyl halides is 3. The minimum absolute atomic E-state index is 0.000869. The molecule has 1 N–H and O–H groups in total. The minimum Gasteiger partial charge on any atom is -0.439 e. The lowest BCUT2D eigenvalue weighted by Gasteiger charge is -2.10. The molecule has 0 aliphatic heterocycles. The molecule has 0 atom stereocenters. The Labute approximate surface area is 179 Å². The van der Waals surface area contributed by atoms with E-state index in [2.05, 4.69) is 25.4 Å². The van der Waals surface area contributed by atoms with Crippen LogP contribution in [0, 0.1) is 6.92 Å². The van der Waals surface area contributed by atoms with Gasteiger partial charge in [-0.1, -0.05) is 0 Å². The first-order valence-electron chi connectivity index (χ1n) is 9.26. The number of carbonyl (C=O) groups is 1. The van der Waals surface area contributed by atoms with Gasteiger partial charge in [-0.05, 0) is 49.4 Å². The highest BCUT2D eigenvalue weighted by Crippen LogP contribution is 2.27. The molecule has 0 radical (unpaired) electrons. The highest BCUT2D eigenvalue weighted by molar-refractivity contribution is 6.04. The Hall–Kier alpha value is -4.28. The number of carbonyl (C=O) groups excluding carboxylic acids is 1. The van der Waals surface area contributed by atoms with E-state index >= 15 is 0 Å². The number of benzene rings is 1. The monoisotopic (exact) mass is 440 g/mol. The van der Waals surface area contributed by atoms with E-state index in [4.69, 9.17) is 4.74 Å². The number of halogens is 3. The van der Waals surface area contributed by atoms with Crippen molar-refractivity contribution in [3.8, 4) is 17.4 Å². The molecule has 4 rings (SSSR count). The van der Waals surface area contributed by atoms with Gasteiger partial charge in [0.05, 0.1) is 5.56 Å². The lowest BCUT2D eigenvalue weighted by Crippen LogP contribution is -2.14. The fraction of sp³-hybridized carbons (Fsp3) is 0.0952. The van der Waals surface area contributed by atoms with E-state index in [0.29, 0.717) is 29.0 Å². The number of aromatic nitrogens is 5. The quantitative estimate of drug-likeness (QED) is 0.493. The van der Waals surface area contributed by atoms with Gasteiger partial charge in [-0.25, -0.2) is 9.67 Å². The third-order valence-electron chi connectivity index (χ3n) is 4.19. The maximum absolute atomic E-state index is 12.6. The van der Waals surface area contributed by atoms with E-state index in [0.717, 1.165) is 18.3 Å². The molecule has 0 saturated heterocycles. The van der Waals surface area contributed by atoms with Crippen LogP contribution in [0.5, 0.6) is 11.6 Å². The van der Waals surface area contributed by atoms with E-state index < -0.39 is 17.8 Å². The number of hydrogen-bond donors (Lipinski definition) is 1. The summed E-state index contributed by atoms with van der Waals surface area (Å²) in [5, 5.41) is 6.72. The molecular formula is C21H15F3N6O2. The molecule has 0 fully saturated rings. The standard InChI is InChI=1S/C21H15F3N6O2/c1-13-27-18(30-10-2-9-26-30)11-19(28-13)32-16-6-4-15(5-7-16)29-20(31)14-3-8-17(25-12-14)21(22,23)24/h2-12H,1H3,(H,29,31). The van der Waals surface area contributed by atoms with Crippen molar-refractivity contribution in [1.29, 1.82) is 0 Å². The molecule has 0 aliphatic carbocycles. The third kappa shape index (κ3) is 4.89. The van der Waals surface area contributed by atoms with Crippen LogP contribution in [-0.4, -0.2) is 30.6 Å². The number of aryl methyl sites for hydroxylation is 1. The van der Waals surface area contributed by atoms with Gasteiger partial charge < -0.3 is 10.1 Å². The number of ether oxygens (including phenoxy) is 1. The topological polar surface area (TPSA) is 94.8 Å². The van der Waals surface area contributed by atoms with Crippen LogP contribution in [-0.2, 0) is 6.18 Å². The van der Waals surface area contributed by atoms with E-state index in [1.807, 2.05) is 0 Å². The summed E-state index contributed by atoms with van der Waals surface area (Å²) in [6.45, 7) is 1.73. The number of nitrogens with zero attached hydrogens (tertiary/aromatic N) is 5. The van der Waals surface area contributed by atoms with Crippen LogP contribution in [0.4, 0.5) is 18.9 Å². The molecule has 0 saturated carbocycles. The van der Waals surface area contributed by atoms with Crippen molar-refractivity contribution in [2.24, 2.45) is 0 Å². The Balaban J connectivity index is 1.43. The molecule has 0 aliphatic rings. The predicted octanol–water partition coefficient (Wildman–Crippen LogP) is 4.43. The molecule has 3 aromatic heterocycles. The Bertz CT molecular complexity index is 1220. The Kier molecular flexibility index (Phi) is 5.54. The minimum atomic E-state index is -4.56. The second-order valence-corrected chi connectivity index (χ2v) is 6.57. The predicted molar refractivity (Wildman–Crippen MR) is 108 cm³/mol. The van der Waals surface area contributed by atoms with Crippen molar-refractivity contribution < 1.29 is 22.7 Å². The zero-order valence-electron chi connectivity index (χ0n) is 16.5. The van der Waals surface area contributed by atoms with Gasteiger partial charge in [0.15, 0.2) is 5.82 Å². The summed E-state index contributed by atoms with van der Waals surface area (Å²) in [5.74, 6) is 1.24. The molecule has 32 heavy (non-hydrogen) atoms. The van der Waals surface area contributed by atoms with Crippen LogP contribution in [0.15, 0.2) is 67.1 Å². The summed E-state index contributed by atoms with van der Waals surface area (Å²) < 4.78 is 45.1. The fourth-order valence-electron chi connectivity index (χ4n) is 2.73. The molecule has 0 spiro atoms. The van der Waals surface area contributed by atoms with Gasteiger partial charge in [0.2, 0.25) is 5.88 Å². The second-order valence-electron chi connectivity index (χ2n) is 6.57. The van der Waals surface area contributed by atoms with Crippen molar-refractivity contribution in [3.63, 3.8) is 0 Å². The van der Waals surface area contributed by atoms with Crippen molar-refractivity contribution in [2.45, 2.75) is 13.1 Å². The van der Waals surface area contributed by atoms with Crippen molar-refractivity contribution in [3.05, 3.63) is 84.2 Å². The first-order valence-corrected chi connectivity index (χ1v) is 9.26. The average molecular weight is 440 g/mol. The van der Waals surface area contributed by atoms with Crippen molar-refractivity contribution >= 4 is 11.6 Å². The number of hydrogen-bond acceptors (Lipinski definition) is 6. The SMILES string of the molecule is Cc1nc(Oc2ccc(NC(=O)c3ccc(C(F)(F)F)nc3)cc2)cc(-n2cccn2)n1. The summed E-state index contributed by atoms with van der Waals surface area (Å²) in [4.78, 5) is 24.1. The van der Waals surface area contributed by atoms with Crippen LogP contribution in [0.1, 0.15) is 21.9 Å².